The van der Waals surface area contributed by atoms with Crippen molar-refractivity contribution in [2.45, 2.75) is 18.9 Å². The average molecular weight is 271 g/mol. The monoisotopic (exact) mass is 270 g/mol. The first-order chi connectivity index (χ1) is 8.59. The molecule has 1 aliphatic rings. The van der Waals surface area contributed by atoms with Crippen LogP contribution in [0.25, 0.3) is 0 Å². The predicted molar refractivity (Wildman–Crippen MR) is 68.6 cm³/mol. The molecule has 2 N–H and O–H groups in total. The molecule has 1 aromatic rings. The molecular formula is C12H15ClN2O3. The Bertz CT molecular complexity index is 447. The second kappa shape index (κ2) is 5.65. The second-order valence-corrected chi connectivity index (χ2v) is 4.85. The molecule has 0 radical (unpaired) electrons. The van der Waals surface area contributed by atoms with E-state index in [2.05, 4.69) is 0 Å². The molecule has 0 spiro atoms. The predicted octanol–water partition coefficient (Wildman–Crippen LogP) is 2.67. The molecule has 2 rings (SSSR count). The quantitative estimate of drug-likeness (QED) is 0.676. The summed E-state index contributed by atoms with van der Waals surface area (Å²) < 4.78 is 5.28. The topological polar surface area (TPSA) is 78.4 Å². The van der Waals surface area contributed by atoms with E-state index in [4.69, 9.17) is 22.1 Å². The zero-order chi connectivity index (χ0) is 13.1. The average Bonchev–Trinajstić information content (AvgIpc) is 2.39. The molecule has 5 nitrogen and oxygen atoms in total. The number of nitrogens with zero attached hydrogens (tertiary/aromatic N) is 1. The normalized spacial score (nSPS) is 18.6. The summed E-state index contributed by atoms with van der Waals surface area (Å²) in [5.41, 5.74) is 6.85. The molecule has 0 saturated carbocycles. The summed E-state index contributed by atoms with van der Waals surface area (Å²) in [6.45, 7) is 1.37. The van der Waals surface area contributed by atoms with Crippen LogP contribution in [-0.2, 0) is 4.74 Å². The van der Waals surface area contributed by atoms with Crippen LogP contribution in [-0.4, -0.2) is 18.1 Å². The summed E-state index contributed by atoms with van der Waals surface area (Å²) in [6.07, 6.45) is 1.72. The number of nitro benzene ring substituents is 1. The van der Waals surface area contributed by atoms with Crippen LogP contribution in [0.5, 0.6) is 0 Å². The van der Waals surface area contributed by atoms with Crippen molar-refractivity contribution in [1.29, 1.82) is 0 Å². The fraction of sp³-hybridized carbons (Fsp3) is 0.500. The van der Waals surface area contributed by atoms with Crippen molar-refractivity contribution in [3.8, 4) is 0 Å². The van der Waals surface area contributed by atoms with Crippen LogP contribution in [0.15, 0.2) is 18.2 Å². The molecule has 1 aromatic carbocycles. The van der Waals surface area contributed by atoms with Crippen molar-refractivity contribution in [3.63, 3.8) is 0 Å². The van der Waals surface area contributed by atoms with E-state index in [9.17, 15) is 10.1 Å². The summed E-state index contributed by atoms with van der Waals surface area (Å²) in [5, 5.41) is 11.3. The van der Waals surface area contributed by atoms with Gasteiger partial charge >= 0.3 is 0 Å². The van der Waals surface area contributed by atoms with Crippen molar-refractivity contribution >= 4 is 17.3 Å². The minimum Gasteiger partial charge on any atom is -0.381 e. The lowest BCUT2D eigenvalue weighted by molar-refractivity contribution is -0.384. The summed E-state index contributed by atoms with van der Waals surface area (Å²) in [7, 11) is 0. The molecule has 6 heteroatoms. The summed E-state index contributed by atoms with van der Waals surface area (Å²) in [4.78, 5) is 10.3. The summed E-state index contributed by atoms with van der Waals surface area (Å²) in [6, 6.07) is 4.13. The Morgan fingerprint density at radius 3 is 2.72 bits per heavy atom. The van der Waals surface area contributed by atoms with Gasteiger partial charge in [-0.05, 0) is 30.4 Å². The Hall–Kier alpha value is -1.17. The number of hydrogen-bond donors (Lipinski definition) is 1. The van der Waals surface area contributed by atoms with Gasteiger partial charge in [-0.15, -0.1) is 0 Å². The van der Waals surface area contributed by atoms with Gasteiger partial charge in [-0.1, -0.05) is 11.6 Å². The van der Waals surface area contributed by atoms with Gasteiger partial charge in [0.2, 0.25) is 0 Å². The Morgan fingerprint density at radius 2 is 2.11 bits per heavy atom. The van der Waals surface area contributed by atoms with Gasteiger partial charge in [0.15, 0.2) is 0 Å². The third-order valence-electron chi connectivity index (χ3n) is 3.32. The Morgan fingerprint density at radius 1 is 1.44 bits per heavy atom. The number of ether oxygens (including phenoxy) is 1. The molecule has 98 valence electrons. The van der Waals surface area contributed by atoms with Crippen LogP contribution in [0.1, 0.15) is 24.4 Å². The Balaban J connectivity index is 2.25. The smallest absolute Gasteiger partial charge is 0.269 e. The van der Waals surface area contributed by atoms with E-state index in [0.717, 1.165) is 12.8 Å². The van der Waals surface area contributed by atoms with Crippen LogP contribution in [0.2, 0.25) is 5.02 Å². The fourth-order valence-corrected chi connectivity index (χ4v) is 2.47. The molecule has 18 heavy (non-hydrogen) atoms. The fourth-order valence-electron chi connectivity index (χ4n) is 2.23. The van der Waals surface area contributed by atoms with E-state index in [0.29, 0.717) is 23.8 Å². The minimum atomic E-state index is -0.434. The van der Waals surface area contributed by atoms with Crippen LogP contribution in [0.4, 0.5) is 5.69 Å². The first-order valence-electron chi connectivity index (χ1n) is 5.86. The lowest BCUT2D eigenvalue weighted by Crippen LogP contribution is -2.27. The van der Waals surface area contributed by atoms with Gasteiger partial charge in [-0.25, -0.2) is 0 Å². The molecule has 1 aliphatic heterocycles. The largest absolute Gasteiger partial charge is 0.381 e. The first-order valence-corrected chi connectivity index (χ1v) is 6.24. The first kappa shape index (κ1) is 13.3. The van der Waals surface area contributed by atoms with Crippen molar-refractivity contribution < 1.29 is 9.66 Å². The molecule has 0 aromatic heterocycles. The zero-order valence-electron chi connectivity index (χ0n) is 9.84. The minimum absolute atomic E-state index is 0.0249. The third-order valence-corrected chi connectivity index (χ3v) is 3.67. The van der Waals surface area contributed by atoms with Crippen LogP contribution in [0, 0.1) is 16.0 Å². The van der Waals surface area contributed by atoms with Crippen molar-refractivity contribution in [1.82, 2.24) is 0 Å². The number of halogens is 1. The molecule has 0 amide bonds. The van der Waals surface area contributed by atoms with Crippen LogP contribution < -0.4 is 5.73 Å². The molecule has 0 aliphatic carbocycles. The molecular weight excluding hydrogens is 256 g/mol. The number of rotatable bonds is 3. The van der Waals surface area contributed by atoms with Crippen molar-refractivity contribution in [3.05, 3.63) is 38.9 Å². The number of nitro groups is 1. The Labute approximate surface area is 110 Å². The maximum atomic E-state index is 10.8. The lowest BCUT2D eigenvalue weighted by atomic mass is 9.87. The maximum Gasteiger partial charge on any atom is 0.269 e. The standard InChI is InChI=1S/C12H15ClN2O3/c13-11-2-1-9(15(16)17)7-10(11)12(14)8-3-5-18-6-4-8/h1-2,7-8,12H,3-6,14H2/t12-/m0/s1. The van der Waals surface area contributed by atoms with E-state index in [-0.39, 0.29) is 17.6 Å². The number of non-ortho nitro benzene ring substituents is 1. The van der Waals surface area contributed by atoms with Gasteiger partial charge in [0.1, 0.15) is 0 Å². The zero-order valence-corrected chi connectivity index (χ0v) is 10.6. The van der Waals surface area contributed by atoms with E-state index in [1.54, 1.807) is 0 Å². The second-order valence-electron chi connectivity index (χ2n) is 4.44. The molecule has 1 atom stereocenters. The number of benzene rings is 1. The van der Waals surface area contributed by atoms with Crippen LogP contribution in [0.3, 0.4) is 0 Å². The highest BCUT2D eigenvalue weighted by Gasteiger charge is 2.25. The van der Waals surface area contributed by atoms with Gasteiger partial charge < -0.3 is 10.5 Å². The highest BCUT2D eigenvalue weighted by molar-refractivity contribution is 6.31. The van der Waals surface area contributed by atoms with E-state index in [1.165, 1.54) is 18.2 Å². The lowest BCUT2D eigenvalue weighted by Gasteiger charge is -2.28. The Kier molecular flexibility index (Phi) is 4.16. The molecule has 1 heterocycles. The SMILES string of the molecule is N[C@H](c1cc([N+](=O)[O-])ccc1Cl)C1CCOCC1. The van der Waals surface area contributed by atoms with Gasteiger partial charge in [-0.3, -0.25) is 10.1 Å². The maximum absolute atomic E-state index is 10.8. The van der Waals surface area contributed by atoms with Crippen molar-refractivity contribution in [2.24, 2.45) is 11.7 Å². The summed E-state index contributed by atoms with van der Waals surface area (Å²) >= 11 is 6.08. The van der Waals surface area contributed by atoms with E-state index < -0.39 is 4.92 Å². The number of nitrogens with two attached hydrogens (primary N) is 1. The third kappa shape index (κ3) is 2.80. The van der Waals surface area contributed by atoms with Crippen molar-refractivity contribution in [2.75, 3.05) is 13.2 Å². The highest BCUT2D eigenvalue weighted by atomic mass is 35.5. The molecule has 1 saturated heterocycles. The summed E-state index contributed by atoms with van der Waals surface area (Å²) in [5.74, 6) is 0.262. The van der Waals surface area contributed by atoms with Gasteiger partial charge in [-0.2, -0.15) is 0 Å². The van der Waals surface area contributed by atoms with Gasteiger partial charge in [0.25, 0.3) is 5.69 Å². The highest BCUT2D eigenvalue weighted by Crippen LogP contribution is 2.33. The molecule has 1 fully saturated rings. The van der Waals surface area contributed by atoms with Crippen LogP contribution >= 0.6 is 11.6 Å². The van der Waals surface area contributed by atoms with E-state index in [1.807, 2.05) is 0 Å². The van der Waals surface area contributed by atoms with Gasteiger partial charge in [0.05, 0.1) is 4.92 Å². The van der Waals surface area contributed by atoms with E-state index >= 15 is 0 Å². The van der Waals surface area contributed by atoms with Gasteiger partial charge in [0, 0.05) is 36.4 Å². The molecule has 0 unspecified atom stereocenters. The molecule has 0 bridgehead atoms. The number of hydrogen-bond acceptors (Lipinski definition) is 4.